The molecule has 2 aromatic rings. The Bertz CT molecular complexity index is 1410. The smallest absolute Gasteiger partial charge is 0.305 e. The number of nitrogens with two attached hydrogens (primary N) is 1. The van der Waals surface area contributed by atoms with Crippen molar-refractivity contribution >= 4 is 44.4 Å². The largest absolute Gasteiger partial charge is 0.481 e. The Labute approximate surface area is 239 Å². The first-order valence-corrected chi connectivity index (χ1v) is 15.3. The Balaban J connectivity index is 1.56. The van der Waals surface area contributed by atoms with E-state index in [1.54, 1.807) is 25.2 Å². The minimum Gasteiger partial charge on any atom is -0.481 e. The van der Waals surface area contributed by atoms with E-state index in [-0.39, 0.29) is 48.2 Å². The lowest BCUT2D eigenvalue weighted by Gasteiger charge is -2.35. The van der Waals surface area contributed by atoms with Gasteiger partial charge in [-0.25, -0.2) is 8.42 Å². The molecule has 1 saturated heterocycles. The van der Waals surface area contributed by atoms with E-state index in [2.05, 4.69) is 10.0 Å². The van der Waals surface area contributed by atoms with E-state index < -0.39 is 40.3 Å². The summed E-state index contributed by atoms with van der Waals surface area (Å²) in [6.07, 6.45) is 2.26. The predicted molar refractivity (Wildman–Crippen MR) is 154 cm³/mol. The lowest BCUT2D eigenvalue weighted by molar-refractivity contribution is -0.141. The van der Waals surface area contributed by atoms with Crippen molar-refractivity contribution in [3.63, 3.8) is 0 Å². The van der Waals surface area contributed by atoms with Crippen LogP contribution in [0, 0.1) is 11.3 Å². The minimum atomic E-state index is -4.22. The number of amides is 2. The van der Waals surface area contributed by atoms with Gasteiger partial charge in [-0.3, -0.25) is 19.8 Å². The first kappa shape index (κ1) is 30.4. The van der Waals surface area contributed by atoms with Crippen molar-refractivity contribution < 1.29 is 27.9 Å². The highest BCUT2D eigenvalue weighted by Gasteiger charge is 2.39. The molecule has 1 aliphatic carbocycles. The second-order valence-electron chi connectivity index (χ2n) is 10.9. The van der Waals surface area contributed by atoms with Gasteiger partial charge >= 0.3 is 5.97 Å². The van der Waals surface area contributed by atoms with E-state index in [1.165, 1.54) is 21.9 Å². The Hall–Kier alpha value is -3.55. The van der Waals surface area contributed by atoms with Gasteiger partial charge in [0.1, 0.15) is 11.9 Å². The second-order valence-corrected chi connectivity index (χ2v) is 12.6. The van der Waals surface area contributed by atoms with Crippen molar-refractivity contribution in [3.05, 3.63) is 42.5 Å². The molecule has 0 radical (unpaired) electrons. The maximum atomic E-state index is 13.7. The normalized spacial score (nSPS) is 19.8. The zero-order valence-corrected chi connectivity index (χ0v) is 23.9. The third-order valence-corrected chi connectivity index (χ3v) is 9.17. The number of piperidine rings is 1. The first-order chi connectivity index (χ1) is 19.5. The quantitative estimate of drug-likeness (QED) is 0.171. The topological polar surface area (TPSA) is 186 Å². The standard InChI is InChI=1S/C28H38N6O6S/c1-33(17-20-7-4-13-31-26(20)27(29)30)24(35)16-23(28(38)34(21-9-10-21)14-12-25(36)37)32-41(39,40)22-11-8-18-5-2-3-6-19(18)15-22/h2-3,5-6,8,11,15,20-21,23,26,31-32H,4,7,9-10,12-14,16-17H2,1H3,(H3,29,30)(H,36,37)/t20-,23-,26+/m0/s1. The summed E-state index contributed by atoms with van der Waals surface area (Å²) in [5.41, 5.74) is 5.76. The van der Waals surface area contributed by atoms with Gasteiger partial charge in [-0.2, -0.15) is 4.72 Å². The van der Waals surface area contributed by atoms with Crippen molar-refractivity contribution in [2.45, 2.75) is 61.5 Å². The van der Waals surface area contributed by atoms with E-state index in [9.17, 15) is 27.9 Å². The van der Waals surface area contributed by atoms with Crippen LogP contribution in [0.3, 0.4) is 0 Å². The van der Waals surface area contributed by atoms with Crippen molar-refractivity contribution in [3.8, 4) is 0 Å². The summed E-state index contributed by atoms with van der Waals surface area (Å²) in [6.45, 7) is 0.920. The molecule has 41 heavy (non-hydrogen) atoms. The van der Waals surface area contributed by atoms with Crippen LogP contribution in [0.15, 0.2) is 47.4 Å². The summed E-state index contributed by atoms with van der Waals surface area (Å²) in [6, 6.07) is 9.92. The van der Waals surface area contributed by atoms with Crippen LogP contribution >= 0.6 is 0 Å². The summed E-state index contributed by atoms with van der Waals surface area (Å²) >= 11 is 0. The lowest BCUT2D eigenvalue weighted by atomic mass is 9.89. The zero-order valence-electron chi connectivity index (χ0n) is 23.1. The maximum absolute atomic E-state index is 13.7. The number of rotatable bonds is 13. The number of hydrogen-bond donors (Lipinski definition) is 5. The van der Waals surface area contributed by atoms with Crippen molar-refractivity contribution in [2.24, 2.45) is 11.7 Å². The molecular weight excluding hydrogens is 548 g/mol. The third kappa shape index (κ3) is 7.80. The van der Waals surface area contributed by atoms with Gasteiger partial charge in [0, 0.05) is 26.2 Å². The van der Waals surface area contributed by atoms with Crippen molar-refractivity contribution in [1.82, 2.24) is 19.8 Å². The molecule has 1 saturated carbocycles. The van der Waals surface area contributed by atoms with Crippen LogP contribution < -0.4 is 15.8 Å². The van der Waals surface area contributed by atoms with E-state index in [0.29, 0.717) is 18.2 Å². The molecule has 0 aromatic heterocycles. The van der Waals surface area contributed by atoms with Crippen molar-refractivity contribution in [1.29, 1.82) is 5.41 Å². The summed E-state index contributed by atoms with van der Waals surface area (Å²) < 4.78 is 29.5. The molecule has 222 valence electrons. The highest BCUT2D eigenvalue weighted by Crippen LogP contribution is 2.28. The number of benzene rings is 2. The molecule has 1 aliphatic heterocycles. The van der Waals surface area contributed by atoms with Crippen LogP contribution in [-0.4, -0.2) is 91.8 Å². The van der Waals surface area contributed by atoms with E-state index in [0.717, 1.165) is 24.8 Å². The summed E-state index contributed by atoms with van der Waals surface area (Å²) in [7, 11) is -2.64. The van der Waals surface area contributed by atoms with Crippen LogP contribution in [0.4, 0.5) is 0 Å². The number of amidine groups is 1. The fourth-order valence-corrected chi connectivity index (χ4v) is 6.57. The number of aliphatic carboxylic acids is 1. The molecule has 12 nitrogen and oxygen atoms in total. The van der Waals surface area contributed by atoms with Gasteiger partial charge < -0.3 is 26.0 Å². The molecule has 1 heterocycles. The predicted octanol–water partition coefficient (Wildman–Crippen LogP) is 1.11. The fraction of sp³-hybridized carbons (Fsp3) is 0.500. The number of carboxylic acids is 1. The molecule has 2 fully saturated rings. The van der Waals surface area contributed by atoms with E-state index in [4.69, 9.17) is 11.1 Å². The molecule has 4 rings (SSSR count). The van der Waals surface area contributed by atoms with Crippen molar-refractivity contribution in [2.75, 3.05) is 26.7 Å². The molecule has 0 spiro atoms. The van der Waals surface area contributed by atoms with Gasteiger partial charge in [0.05, 0.1) is 23.8 Å². The van der Waals surface area contributed by atoms with Crippen LogP contribution in [0.5, 0.6) is 0 Å². The molecule has 2 aliphatic rings. The minimum absolute atomic E-state index is 0.00902. The molecule has 6 N–H and O–H groups in total. The maximum Gasteiger partial charge on any atom is 0.305 e. The summed E-state index contributed by atoms with van der Waals surface area (Å²) in [4.78, 5) is 41.2. The number of carbonyl (C=O) groups excluding carboxylic acids is 2. The monoisotopic (exact) mass is 586 g/mol. The third-order valence-electron chi connectivity index (χ3n) is 7.70. The Morgan fingerprint density at radius 1 is 1.15 bits per heavy atom. The zero-order chi connectivity index (χ0) is 29.7. The van der Waals surface area contributed by atoms with Gasteiger partial charge in [0.15, 0.2) is 0 Å². The van der Waals surface area contributed by atoms with Crippen LogP contribution in [0.25, 0.3) is 10.8 Å². The van der Waals surface area contributed by atoms with Crippen LogP contribution in [0.2, 0.25) is 0 Å². The summed E-state index contributed by atoms with van der Waals surface area (Å²) in [5.74, 6) is -2.26. The molecule has 0 unspecified atom stereocenters. The van der Waals surface area contributed by atoms with Gasteiger partial charge in [-0.15, -0.1) is 0 Å². The first-order valence-electron chi connectivity index (χ1n) is 13.8. The number of sulfonamides is 1. The number of hydrogen-bond acceptors (Lipinski definition) is 7. The molecule has 0 bridgehead atoms. The number of carboxylic acid groups (broad SMARTS) is 1. The molecule has 13 heteroatoms. The Kier molecular flexibility index (Phi) is 9.61. The second kappa shape index (κ2) is 13.0. The van der Waals surface area contributed by atoms with E-state index in [1.807, 2.05) is 12.1 Å². The van der Waals surface area contributed by atoms with Gasteiger partial charge in [0.2, 0.25) is 21.8 Å². The lowest BCUT2D eigenvalue weighted by Crippen LogP contribution is -2.54. The highest BCUT2D eigenvalue weighted by atomic mass is 32.2. The Morgan fingerprint density at radius 2 is 1.85 bits per heavy atom. The number of nitrogens with one attached hydrogen (secondary N) is 3. The van der Waals surface area contributed by atoms with Gasteiger partial charge in [-0.1, -0.05) is 30.3 Å². The average Bonchev–Trinajstić information content (AvgIpc) is 3.77. The summed E-state index contributed by atoms with van der Waals surface area (Å²) in [5, 5.41) is 21.8. The van der Waals surface area contributed by atoms with Gasteiger partial charge in [-0.05, 0) is 61.1 Å². The van der Waals surface area contributed by atoms with E-state index >= 15 is 0 Å². The molecular formula is C28H38N6O6S. The van der Waals surface area contributed by atoms with Crippen LogP contribution in [-0.2, 0) is 24.4 Å². The number of nitrogens with zero attached hydrogens (tertiary/aromatic N) is 2. The van der Waals surface area contributed by atoms with Crippen LogP contribution in [0.1, 0.15) is 38.5 Å². The number of carbonyl (C=O) groups is 3. The molecule has 3 atom stereocenters. The SMILES string of the molecule is CN(C[C@@H]1CCCN[C@H]1C(=N)N)C(=O)C[C@H](NS(=O)(=O)c1ccc2ccccc2c1)C(=O)N(CCC(=O)O)C1CC1. The fourth-order valence-electron chi connectivity index (χ4n) is 5.34. The molecule has 2 aromatic carbocycles. The molecule has 2 amide bonds. The number of fused-ring (bicyclic) bond motifs is 1. The highest BCUT2D eigenvalue weighted by molar-refractivity contribution is 7.89. The Morgan fingerprint density at radius 3 is 2.51 bits per heavy atom. The van der Waals surface area contributed by atoms with Gasteiger partial charge in [0.25, 0.3) is 0 Å². The average molecular weight is 587 g/mol.